The molecule has 3 nitrogen and oxygen atoms in total. The van der Waals surface area contributed by atoms with Crippen molar-refractivity contribution in [2.45, 2.75) is 32.3 Å². The molecule has 0 bridgehead atoms. The maximum Gasteiger partial charge on any atom is 0.249 e. The van der Waals surface area contributed by atoms with Crippen LogP contribution in [0.4, 0.5) is 0 Å². The molecule has 0 spiro atoms. The third kappa shape index (κ3) is 2.50. The number of rotatable bonds is 2. The van der Waals surface area contributed by atoms with E-state index in [-0.39, 0.29) is 12.0 Å². The average molecular weight is 157 g/mol. The molecule has 0 radical (unpaired) electrons. The Morgan fingerprint density at radius 3 is 3.27 bits per heavy atom. The van der Waals surface area contributed by atoms with Gasteiger partial charge >= 0.3 is 0 Å². The van der Waals surface area contributed by atoms with Crippen molar-refractivity contribution in [1.29, 1.82) is 0 Å². The molecule has 1 heterocycles. The van der Waals surface area contributed by atoms with Gasteiger partial charge in [-0.2, -0.15) is 0 Å². The zero-order chi connectivity index (χ0) is 8.10. The van der Waals surface area contributed by atoms with E-state index in [9.17, 15) is 4.79 Å². The fourth-order valence-electron chi connectivity index (χ4n) is 1.18. The summed E-state index contributed by atoms with van der Waals surface area (Å²) in [6.45, 7) is 3.53. The summed E-state index contributed by atoms with van der Waals surface area (Å²) < 4.78 is 5.34. The molecule has 0 aromatic rings. The van der Waals surface area contributed by atoms with Gasteiger partial charge in [-0.15, -0.1) is 0 Å². The summed E-state index contributed by atoms with van der Waals surface area (Å²) in [5, 5.41) is 2.82. The van der Waals surface area contributed by atoms with Crippen molar-refractivity contribution in [2.75, 3.05) is 13.2 Å². The summed E-state index contributed by atoms with van der Waals surface area (Å²) in [4.78, 5) is 11.2. The van der Waals surface area contributed by atoms with Crippen molar-refractivity contribution < 1.29 is 9.53 Å². The SMILES string of the molecule is CCCC1OCCCNC1=O. The van der Waals surface area contributed by atoms with Crippen LogP contribution in [0.2, 0.25) is 0 Å². The predicted molar refractivity (Wildman–Crippen MR) is 42.3 cm³/mol. The summed E-state index contributed by atoms with van der Waals surface area (Å²) in [5.41, 5.74) is 0. The molecule has 1 unspecified atom stereocenters. The highest BCUT2D eigenvalue weighted by Gasteiger charge is 2.19. The third-order valence-electron chi connectivity index (χ3n) is 1.78. The molecule has 1 aliphatic rings. The van der Waals surface area contributed by atoms with E-state index in [0.29, 0.717) is 6.61 Å². The third-order valence-corrected chi connectivity index (χ3v) is 1.78. The van der Waals surface area contributed by atoms with Crippen LogP contribution in [0.25, 0.3) is 0 Å². The number of amides is 1. The number of hydrogen-bond donors (Lipinski definition) is 1. The first-order valence-corrected chi connectivity index (χ1v) is 4.24. The summed E-state index contributed by atoms with van der Waals surface area (Å²) in [7, 11) is 0. The summed E-state index contributed by atoms with van der Waals surface area (Å²) in [6, 6.07) is 0. The van der Waals surface area contributed by atoms with Crippen molar-refractivity contribution in [3.8, 4) is 0 Å². The second-order valence-electron chi connectivity index (χ2n) is 2.79. The molecular weight excluding hydrogens is 142 g/mol. The number of carbonyl (C=O) groups is 1. The highest BCUT2D eigenvalue weighted by molar-refractivity contribution is 5.80. The van der Waals surface area contributed by atoms with Gasteiger partial charge in [0.25, 0.3) is 0 Å². The van der Waals surface area contributed by atoms with Gasteiger partial charge in [-0.25, -0.2) is 0 Å². The fraction of sp³-hybridized carbons (Fsp3) is 0.875. The van der Waals surface area contributed by atoms with Gasteiger partial charge in [-0.05, 0) is 12.8 Å². The van der Waals surface area contributed by atoms with Crippen molar-refractivity contribution in [1.82, 2.24) is 5.32 Å². The molecule has 64 valence electrons. The van der Waals surface area contributed by atoms with E-state index >= 15 is 0 Å². The second kappa shape index (κ2) is 4.34. The van der Waals surface area contributed by atoms with Crippen molar-refractivity contribution in [3.05, 3.63) is 0 Å². The quantitative estimate of drug-likeness (QED) is 0.640. The molecule has 1 fully saturated rings. The van der Waals surface area contributed by atoms with Gasteiger partial charge in [-0.1, -0.05) is 13.3 Å². The Balaban J connectivity index is 2.39. The van der Waals surface area contributed by atoms with Crippen LogP contribution in [-0.2, 0) is 9.53 Å². The number of hydrogen-bond acceptors (Lipinski definition) is 2. The molecule has 0 saturated carbocycles. The minimum absolute atomic E-state index is 0.0596. The van der Waals surface area contributed by atoms with E-state index in [1.54, 1.807) is 0 Å². The Kier molecular flexibility index (Phi) is 3.36. The smallest absolute Gasteiger partial charge is 0.249 e. The lowest BCUT2D eigenvalue weighted by molar-refractivity contribution is -0.131. The van der Waals surface area contributed by atoms with E-state index in [2.05, 4.69) is 12.2 Å². The van der Waals surface area contributed by atoms with Gasteiger partial charge in [-0.3, -0.25) is 4.79 Å². The minimum Gasteiger partial charge on any atom is -0.368 e. The van der Waals surface area contributed by atoms with Gasteiger partial charge in [0, 0.05) is 13.2 Å². The first kappa shape index (κ1) is 8.53. The molecular formula is C8H15NO2. The molecule has 1 saturated heterocycles. The maximum atomic E-state index is 11.2. The van der Waals surface area contributed by atoms with Crippen LogP contribution in [0.3, 0.4) is 0 Å². The van der Waals surface area contributed by atoms with Crippen molar-refractivity contribution in [2.24, 2.45) is 0 Å². The van der Waals surface area contributed by atoms with Crippen LogP contribution in [0.5, 0.6) is 0 Å². The predicted octanol–water partition coefficient (Wildman–Crippen LogP) is 0.692. The van der Waals surface area contributed by atoms with Crippen LogP contribution in [0, 0.1) is 0 Å². The molecule has 3 heteroatoms. The molecule has 0 aromatic carbocycles. The highest BCUT2D eigenvalue weighted by Crippen LogP contribution is 2.05. The first-order valence-electron chi connectivity index (χ1n) is 4.24. The molecule has 11 heavy (non-hydrogen) atoms. The van der Waals surface area contributed by atoms with Gasteiger partial charge in [0.15, 0.2) is 0 Å². The minimum atomic E-state index is -0.192. The first-order chi connectivity index (χ1) is 5.34. The van der Waals surface area contributed by atoms with Gasteiger partial charge in [0.1, 0.15) is 6.10 Å². The Bertz CT molecular complexity index is 136. The Morgan fingerprint density at radius 2 is 2.55 bits per heavy atom. The number of ether oxygens (including phenoxy) is 1. The fourth-order valence-corrected chi connectivity index (χ4v) is 1.18. The second-order valence-corrected chi connectivity index (χ2v) is 2.79. The largest absolute Gasteiger partial charge is 0.368 e. The van der Waals surface area contributed by atoms with Crippen LogP contribution in [0.1, 0.15) is 26.2 Å². The van der Waals surface area contributed by atoms with Crippen LogP contribution in [-0.4, -0.2) is 25.2 Å². The average Bonchev–Trinajstić information content (AvgIpc) is 2.18. The molecule has 1 N–H and O–H groups in total. The molecule has 1 atom stereocenters. The van der Waals surface area contributed by atoms with E-state index in [0.717, 1.165) is 25.8 Å². The lowest BCUT2D eigenvalue weighted by atomic mass is 10.2. The van der Waals surface area contributed by atoms with E-state index in [1.165, 1.54) is 0 Å². The van der Waals surface area contributed by atoms with E-state index in [1.807, 2.05) is 0 Å². The van der Waals surface area contributed by atoms with Crippen molar-refractivity contribution >= 4 is 5.91 Å². The molecule has 1 rings (SSSR count). The number of nitrogens with one attached hydrogen (secondary N) is 1. The normalized spacial score (nSPS) is 25.9. The zero-order valence-corrected chi connectivity index (χ0v) is 6.93. The summed E-state index contributed by atoms with van der Waals surface area (Å²) in [6.07, 6.45) is 2.58. The summed E-state index contributed by atoms with van der Waals surface area (Å²) >= 11 is 0. The lowest BCUT2D eigenvalue weighted by Gasteiger charge is -2.11. The van der Waals surface area contributed by atoms with Crippen molar-refractivity contribution in [3.63, 3.8) is 0 Å². The number of carbonyl (C=O) groups excluding carboxylic acids is 1. The van der Waals surface area contributed by atoms with Gasteiger partial charge in [0.2, 0.25) is 5.91 Å². The molecule has 1 amide bonds. The van der Waals surface area contributed by atoms with Crippen LogP contribution in [0.15, 0.2) is 0 Å². The monoisotopic (exact) mass is 157 g/mol. The van der Waals surface area contributed by atoms with Gasteiger partial charge in [0.05, 0.1) is 0 Å². The van der Waals surface area contributed by atoms with E-state index < -0.39 is 0 Å². The maximum absolute atomic E-state index is 11.2. The standard InChI is InChI=1S/C8H15NO2/c1-2-4-7-8(10)9-5-3-6-11-7/h7H,2-6H2,1H3,(H,9,10). The van der Waals surface area contributed by atoms with Crippen LogP contribution < -0.4 is 5.32 Å². The van der Waals surface area contributed by atoms with Crippen LogP contribution >= 0.6 is 0 Å². The Labute approximate surface area is 67.1 Å². The Hall–Kier alpha value is -0.570. The Morgan fingerprint density at radius 1 is 1.73 bits per heavy atom. The zero-order valence-electron chi connectivity index (χ0n) is 6.93. The molecule has 1 aliphatic heterocycles. The highest BCUT2D eigenvalue weighted by atomic mass is 16.5. The lowest BCUT2D eigenvalue weighted by Crippen LogP contribution is -2.33. The molecule has 0 aromatic heterocycles. The van der Waals surface area contributed by atoms with E-state index in [4.69, 9.17) is 4.74 Å². The molecule has 0 aliphatic carbocycles. The summed E-state index contributed by atoms with van der Waals surface area (Å²) in [5.74, 6) is 0.0596. The topological polar surface area (TPSA) is 38.3 Å². The van der Waals surface area contributed by atoms with Gasteiger partial charge < -0.3 is 10.1 Å².